The first-order valence-corrected chi connectivity index (χ1v) is 11.1. The van der Waals surface area contributed by atoms with Crippen molar-refractivity contribution in [3.63, 3.8) is 0 Å². The Morgan fingerprint density at radius 1 is 1.19 bits per heavy atom. The molecule has 1 saturated carbocycles. The van der Waals surface area contributed by atoms with Gasteiger partial charge in [0, 0.05) is 38.4 Å². The second-order valence-electron chi connectivity index (χ2n) is 7.12. The van der Waals surface area contributed by atoms with Crippen molar-refractivity contribution in [1.29, 1.82) is 0 Å². The predicted molar refractivity (Wildman–Crippen MR) is 103 cm³/mol. The lowest BCUT2D eigenvalue weighted by Crippen LogP contribution is -2.32. The van der Waals surface area contributed by atoms with E-state index in [1.165, 1.54) is 4.31 Å². The number of hydrogen-bond acceptors (Lipinski definition) is 4. The first kappa shape index (κ1) is 19.2. The minimum atomic E-state index is -3.58. The van der Waals surface area contributed by atoms with Crippen LogP contribution in [0.3, 0.4) is 0 Å². The van der Waals surface area contributed by atoms with E-state index in [2.05, 4.69) is 10.2 Å². The number of sulfonamides is 1. The van der Waals surface area contributed by atoms with E-state index >= 15 is 0 Å². The van der Waals surface area contributed by atoms with Gasteiger partial charge in [0.15, 0.2) is 0 Å². The summed E-state index contributed by atoms with van der Waals surface area (Å²) in [6.07, 6.45) is 4.52. The molecule has 7 heteroatoms. The summed E-state index contributed by atoms with van der Waals surface area (Å²) in [6, 6.07) is 5.00. The van der Waals surface area contributed by atoms with Gasteiger partial charge < -0.3 is 10.2 Å². The van der Waals surface area contributed by atoms with Crippen molar-refractivity contribution >= 4 is 21.6 Å². The molecule has 1 aliphatic heterocycles. The lowest BCUT2D eigenvalue weighted by atomic mass is 10.1. The fourth-order valence-corrected chi connectivity index (χ4v) is 4.94. The molecule has 0 spiro atoms. The van der Waals surface area contributed by atoms with Gasteiger partial charge in [0.05, 0.1) is 10.5 Å². The highest BCUT2D eigenvalue weighted by molar-refractivity contribution is 7.89. The number of carbonyl (C=O) groups is 1. The zero-order valence-corrected chi connectivity index (χ0v) is 16.5. The van der Waals surface area contributed by atoms with Crippen LogP contribution in [0.1, 0.15) is 49.9 Å². The average Bonchev–Trinajstić information content (AvgIpc) is 3.31. The summed E-state index contributed by atoms with van der Waals surface area (Å²) in [7, 11) is -3.58. The van der Waals surface area contributed by atoms with Crippen LogP contribution in [0.25, 0.3) is 0 Å². The van der Waals surface area contributed by atoms with Crippen LogP contribution < -0.4 is 10.2 Å². The van der Waals surface area contributed by atoms with Gasteiger partial charge in [-0.05, 0) is 49.8 Å². The highest BCUT2D eigenvalue weighted by atomic mass is 32.2. The molecule has 0 bridgehead atoms. The van der Waals surface area contributed by atoms with E-state index in [9.17, 15) is 13.2 Å². The van der Waals surface area contributed by atoms with Gasteiger partial charge in [-0.25, -0.2) is 8.42 Å². The fourth-order valence-electron chi connectivity index (χ4n) is 3.46. The van der Waals surface area contributed by atoms with Gasteiger partial charge in [0.2, 0.25) is 10.0 Å². The van der Waals surface area contributed by atoms with Crippen molar-refractivity contribution in [2.45, 2.75) is 44.4 Å². The van der Waals surface area contributed by atoms with Crippen molar-refractivity contribution in [3.8, 4) is 0 Å². The highest BCUT2D eigenvalue weighted by Gasteiger charge is 2.27. The number of benzene rings is 1. The minimum absolute atomic E-state index is 0.171. The Kier molecular flexibility index (Phi) is 5.87. The van der Waals surface area contributed by atoms with Gasteiger partial charge in [-0.1, -0.05) is 13.8 Å². The Balaban J connectivity index is 1.94. The number of nitrogens with zero attached hydrogens (tertiary/aromatic N) is 2. The second kappa shape index (κ2) is 7.96. The summed E-state index contributed by atoms with van der Waals surface area (Å²) >= 11 is 0. The van der Waals surface area contributed by atoms with Crippen LogP contribution in [-0.4, -0.2) is 51.4 Å². The van der Waals surface area contributed by atoms with Crippen LogP contribution in [0.5, 0.6) is 0 Å². The van der Waals surface area contributed by atoms with E-state index in [1.807, 2.05) is 13.8 Å². The molecule has 0 unspecified atom stereocenters. The van der Waals surface area contributed by atoms with Crippen molar-refractivity contribution in [2.75, 3.05) is 37.6 Å². The molecule has 0 radical (unpaired) electrons. The summed E-state index contributed by atoms with van der Waals surface area (Å²) in [5, 5.41) is 2.99. The van der Waals surface area contributed by atoms with E-state index < -0.39 is 10.0 Å². The lowest BCUT2D eigenvalue weighted by molar-refractivity contribution is 0.0952. The zero-order valence-electron chi connectivity index (χ0n) is 15.7. The van der Waals surface area contributed by atoms with Gasteiger partial charge >= 0.3 is 0 Å². The van der Waals surface area contributed by atoms with E-state index in [0.717, 1.165) is 44.5 Å². The summed E-state index contributed by atoms with van der Waals surface area (Å²) in [5.74, 6) is 0.409. The molecule has 1 aromatic carbocycles. The van der Waals surface area contributed by atoms with Crippen LogP contribution in [0.2, 0.25) is 0 Å². The van der Waals surface area contributed by atoms with Gasteiger partial charge in [-0.15, -0.1) is 0 Å². The van der Waals surface area contributed by atoms with Gasteiger partial charge in [-0.2, -0.15) is 4.31 Å². The Morgan fingerprint density at radius 2 is 1.85 bits per heavy atom. The van der Waals surface area contributed by atoms with Crippen LogP contribution >= 0.6 is 0 Å². The summed E-state index contributed by atoms with van der Waals surface area (Å²) in [5.41, 5.74) is 1.31. The maximum absolute atomic E-state index is 12.9. The lowest BCUT2D eigenvalue weighted by Gasteiger charge is -2.23. The molecule has 0 atom stereocenters. The van der Waals surface area contributed by atoms with E-state index in [1.54, 1.807) is 18.2 Å². The number of hydrogen-bond donors (Lipinski definition) is 1. The molecular formula is C19H29N3O3S. The zero-order chi connectivity index (χ0) is 18.7. The van der Waals surface area contributed by atoms with Crippen LogP contribution in [0.4, 0.5) is 5.69 Å². The number of anilines is 1. The molecule has 6 nitrogen and oxygen atoms in total. The first-order chi connectivity index (χ1) is 12.5. The maximum Gasteiger partial charge on any atom is 0.253 e. The predicted octanol–water partition coefficient (Wildman–Crippen LogP) is 2.46. The third kappa shape index (κ3) is 4.04. The van der Waals surface area contributed by atoms with Gasteiger partial charge in [0.25, 0.3) is 5.91 Å². The molecule has 0 aromatic heterocycles. The van der Waals surface area contributed by atoms with Gasteiger partial charge in [-0.3, -0.25) is 4.79 Å². The third-order valence-corrected chi connectivity index (χ3v) is 7.30. The number of carbonyl (C=O) groups excluding carboxylic acids is 1. The molecule has 2 fully saturated rings. The Labute approximate surface area is 156 Å². The molecule has 1 amide bonds. The Hall–Kier alpha value is -1.60. The van der Waals surface area contributed by atoms with Crippen LogP contribution in [0, 0.1) is 5.92 Å². The second-order valence-corrected chi connectivity index (χ2v) is 9.05. The molecular weight excluding hydrogens is 350 g/mol. The van der Waals surface area contributed by atoms with Crippen molar-refractivity contribution in [2.24, 2.45) is 5.92 Å². The molecule has 26 heavy (non-hydrogen) atoms. The summed E-state index contributed by atoms with van der Waals surface area (Å²) < 4.78 is 27.1. The van der Waals surface area contributed by atoms with E-state index in [4.69, 9.17) is 0 Å². The molecule has 2 aliphatic rings. The number of rotatable bonds is 8. The minimum Gasteiger partial charge on any atom is -0.371 e. The monoisotopic (exact) mass is 379 g/mol. The van der Waals surface area contributed by atoms with Crippen LogP contribution in [-0.2, 0) is 10.0 Å². The summed E-state index contributed by atoms with van der Waals surface area (Å²) in [4.78, 5) is 15.2. The topological polar surface area (TPSA) is 69.7 Å². The van der Waals surface area contributed by atoms with Gasteiger partial charge in [0.1, 0.15) is 0 Å². The molecule has 1 heterocycles. The van der Waals surface area contributed by atoms with Crippen molar-refractivity contribution in [3.05, 3.63) is 23.8 Å². The fraction of sp³-hybridized carbons (Fsp3) is 0.632. The SMILES string of the molecule is CCN(CC)S(=O)(=O)c1ccc(N2CCCC2)c(C(=O)NCC2CC2)c1. The molecule has 1 aliphatic carbocycles. The Morgan fingerprint density at radius 3 is 2.42 bits per heavy atom. The molecule has 1 saturated heterocycles. The largest absolute Gasteiger partial charge is 0.371 e. The van der Waals surface area contributed by atoms with E-state index in [0.29, 0.717) is 31.1 Å². The molecule has 1 aromatic rings. The van der Waals surface area contributed by atoms with Crippen molar-refractivity contribution in [1.82, 2.24) is 9.62 Å². The van der Waals surface area contributed by atoms with Crippen LogP contribution in [0.15, 0.2) is 23.1 Å². The van der Waals surface area contributed by atoms with Crippen molar-refractivity contribution < 1.29 is 13.2 Å². The highest BCUT2D eigenvalue weighted by Crippen LogP contribution is 2.30. The third-order valence-electron chi connectivity index (χ3n) is 5.25. The quantitative estimate of drug-likeness (QED) is 0.753. The molecule has 1 N–H and O–H groups in total. The molecule has 3 rings (SSSR count). The average molecular weight is 380 g/mol. The standard InChI is InChI=1S/C19H29N3O3S/c1-3-22(4-2)26(24,25)16-9-10-18(21-11-5-6-12-21)17(13-16)19(23)20-14-15-7-8-15/h9-10,13,15H,3-8,11-12,14H2,1-2H3,(H,20,23). The van der Waals surface area contributed by atoms with E-state index in [-0.39, 0.29) is 10.8 Å². The number of amides is 1. The summed E-state index contributed by atoms with van der Waals surface area (Å²) in [6.45, 7) is 6.96. The smallest absolute Gasteiger partial charge is 0.253 e. The normalized spacial score (nSPS) is 17.7. The Bertz CT molecular complexity index is 749. The number of nitrogens with one attached hydrogen (secondary N) is 1. The molecule has 144 valence electrons. The maximum atomic E-state index is 12.9. The first-order valence-electron chi connectivity index (χ1n) is 9.64.